The first kappa shape index (κ1) is 10.3. The molecule has 0 aliphatic carbocycles. The molecule has 1 N–H and O–H groups in total. The van der Waals surface area contributed by atoms with E-state index in [2.05, 4.69) is 21.2 Å². The van der Waals surface area contributed by atoms with Crippen LogP contribution in [0.15, 0.2) is 15.2 Å². The molecule has 0 bridgehead atoms. The molecule has 0 spiro atoms. The van der Waals surface area contributed by atoms with Gasteiger partial charge in [-0.2, -0.15) is 11.3 Å². The number of nitrogens with one attached hydrogen (secondary N) is 1. The van der Waals surface area contributed by atoms with Crippen molar-refractivity contribution in [3.63, 3.8) is 0 Å². The lowest BCUT2D eigenvalue weighted by molar-refractivity contribution is 0.0839. The van der Waals surface area contributed by atoms with Crippen molar-refractivity contribution in [3.8, 4) is 0 Å². The normalized spacial score (nSPS) is 26.7. The van der Waals surface area contributed by atoms with Crippen molar-refractivity contribution in [1.82, 2.24) is 5.32 Å². The van der Waals surface area contributed by atoms with Crippen molar-refractivity contribution in [1.29, 1.82) is 0 Å². The summed E-state index contributed by atoms with van der Waals surface area (Å²) in [6.45, 7) is 3.79. The minimum Gasteiger partial charge on any atom is -0.316 e. The second kappa shape index (κ2) is 3.76. The summed E-state index contributed by atoms with van der Waals surface area (Å²) < 4.78 is 0.931. The SMILES string of the molecule is CC1(C(=O)c2cscc2Br)CCNC1. The van der Waals surface area contributed by atoms with Crippen LogP contribution in [0, 0.1) is 5.41 Å². The van der Waals surface area contributed by atoms with Gasteiger partial charge in [-0.05, 0) is 28.9 Å². The molecule has 1 atom stereocenters. The summed E-state index contributed by atoms with van der Waals surface area (Å²) in [5, 5.41) is 7.13. The predicted molar refractivity (Wildman–Crippen MR) is 61.9 cm³/mol. The van der Waals surface area contributed by atoms with Crippen LogP contribution in [-0.4, -0.2) is 18.9 Å². The summed E-state index contributed by atoms with van der Waals surface area (Å²) in [6, 6.07) is 0. The number of ketones is 1. The van der Waals surface area contributed by atoms with Crippen LogP contribution in [0.4, 0.5) is 0 Å². The molecule has 1 aliphatic heterocycles. The molecule has 76 valence electrons. The number of thiophene rings is 1. The molecule has 2 nitrogen and oxygen atoms in total. The minimum atomic E-state index is -0.205. The Kier molecular flexibility index (Phi) is 2.77. The Morgan fingerprint density at radius 1 is 1.64 bits per heavy atom. The molecule has 1 aromatic rings. The van der Waals surface area contributed by atoms with Gasteiger partial charge in [0.25, 0.3) is 0 Å². The zero-order valence-corrected chi connectivity index (χ0v) is 10.4. The Morgan fingerprint density at radius 2 is 2.43 bits per heavy atom. The van der Waals surface area contributed by atoms with Crippen molar-refractivity contribution in [2.75, 3.05) is 13.1 Å². The molecule has 1 saturated heterocycles. The monoisotopic (exact) mass is 273 g/mol. The molecule has 2 heterocycles. The highest BCUT2D eigenvalue weighted by molar-refractivity contribution is 9.10. The number of Topliss-reactive ketones (excluding diaryl/α,β-unsaturated/α-hetero) is 1. The Morgan fingerprint density at radius 3 is 2.93 bits per heavy atom. The molecule has 1 unspecified atom stereocenters. The van der Waals surface area contributed by atoms with Crippen LogP contribution in [0.3, 0.4) is 0 Å². The van der Waals surface area contributed by atoms with Crippen molar-refractivity contribution in [2.45, 2.75) is 13.3 Å². The third kappa shape index (κ3) is 1.66. The van der Waals surface area contributed by atoms with Gasteiger partial charge < -0.3 is 5.32 Å². The molecule has 0 saturated carbocycles. The minimum absolute atomic E-state index is 0.205. The summed E-state index contributed by atoms with van der Waals surface area (Å²) in [5.74, 6) is 0.260. The maximum absolute atomic E-state index is 12.2. The summed E-state index contributed by atoms with van der Waals surface area (Å²) in [5.41, 5.74) is 0.630. The number of carbonyl (C=O) groups excluding carboxylic acids is 1. The predicted octanol–water partition coefficient (Wildman–Crippen LogP) is 2.69. The summed E-state index contributed by atoms with van der Waals surface area (Å²) in [6.07, 6.45) is 0.939. The Bertz CT molecular complexity index is 355. The summed E-state index contributed by atoms with van der Waals surface area (Å²) in [4.78, 5) is 12.2. The van der Waals surface area contributed by atoms with E-state index in [4.69, 9.17) is 0 Å². The van der Waals surface area contributed by atoms with E-state index in [1.54, 1.807) is 11.3 Å². The second-order valence-corrected chi connectivity index (χ2v) is 5.55. The van der Waals surface area contributed by atoms with Crippen LogP contribution in [0.1, 0.15) is 23.7 Å². The van der Waals surface area contributed by atoms with Gasteiger partial charge in [-0.15, -0.1) is 0 Å². The summed E-state index contributed by atoms with van der Waals surface area (Å²) in [7, 11) is 0. The van der Waals surface area contributed by atoms with E-state index in [0.717, 1.165) is 29.5 Å². The van der Waals surface area contributed by atoms with E-state index < -0.39 is 0 Å². The quantitative estimate of drug-likeness (QED) is 0.840. The fraction of sp³-hybridized carbons (Fsp3) is 0.500. The first-order chi connectivity index (χ1) is 6.63. The lowest BCUT2D eigenvalue weighted by Crippen LogP contribution is -2.30. The third-order valence-corrected chi connectivity index (χ3v) is 4.48. The maximum atomic E-state index is 12.2. The van der Waals surface area contributed by atoms with Crippen molar-refractivity contribution >= 4 is 33.0 Å². The molecule has 1 aromatic heterocycles. The van der Waals surface area contributed by atoms with Gasteiger partial charge in [0, 0.05) is 32.8 Å². The average molecular weight is 274 g/mol. The number of hydrogen-bond donors (Lipinski definition) is 1. The molecule has 14 heavy (non-hydrogen) atoms. The Labute approximate surface area is 95.8 Å². The fourth-order valence-corrected chi connectivity index (χ4v) is 3.23. The highest BCUT2D eigenvalue weighted by atomic mass is 79.9. The average Bonchev–Trinajstić information content (AvgIpc) is 2.74. The van der Waals surface area contributed by atoms with Crippen molar-refractivity contribution < 1.29 is 4.79 Å². The zero-order valence-electron chi connectivity index (χ0n) is 7.97. The van der Waals surface area contributed by atoms with E-state index >= 15 is 0 Å². The summed E-state index contributed by atoms with van der Waals surface area (Å²) >= 11 is 4.97. The van der Waals surface area contributed by atoms with E-state index in [-0.39, 0.29) is 11.2 Å². The molecule has 1 aliphatic rings. The van der Waals surface area contributed by atoms with Gasteiger partial charge >= 0.3 is 0 Å². The second-order valence-electron chi connectivity index (χ2n) is 3.95. The molecular weight excluding hydrogens is 262 g/mol. The lowest BCUT2D eigenvalue weighted by Gasteiger charge is -2.20. The molecule has 4 heteroatoms. The highest BCUT2D eigenvalue weighted by Gasteiger charge is 2.37. The third-order valence-electron chi connectivity index (χ3n) is 2.78. The van der Waals surface area contributed by atoms with Crippen LogP contribution in [0.2, 0.25) is 0 Å². The van der Waals surface area contributed by atoms with E-state index in [9.17, 15) is 4.79 Å². The van der Waals surface area contributed by atoms with Gasteiger partial charge in [0.1, 0.15) is 0 Å². The van der Waals surface area contributed by atoms with E-state index in [1.165, 1.54) is 0 Å². The first-order valence-corrected chi connectivity index (χ1v) is 6.34. The van der Waals surface area contributed by atoms with Gasteiger partial charge in [0.05, 0.1) is 0 Å². The number of rotatable bonds is 2. The fourth-order valence-electron chi connectivity index (χ4n) is 1.78. The first-order valence-electron chi connectivity index (χ1n) is 4.61. The van der Waals surface area contributed by atoms with Gasteiger partial charge in [0.2, 0.25) is 0 Å². The molecule has 0 amide bonds. The van der Waals surface area contributed by atoms with Gasteiger partial charge in [-0.1, -0.05) is 6.92 Å². The largest absolute Gasteiger partial charge is 0.316 e. The van der Waals surface area contributed by atoms with Gasteiger partial charge in [-0.3, -0.25) is 4.79 Å². The highest BCUT2D eigenvalue weighted by Crippen LogP contribution is 2.33. The zero-order chi connectivity index (χ0) is 10.2. The Balaban J connectivity index is 2.28. The van der Waals surface area contributed by atoms with E-state index in [0.29, 0.717) is 0 Å². The van der Waals surface area contributed by atoms with Gasteiger partial charge in [0.15, 0.2) is 5.78 Å². The van der Waals surface area contributed by atoms with Crippen molar-refractivity contribution in [3.05, 3.63) is 20.8 Å². The Hall–Kier alpha value is -0.190. The van der Waals surface area contributed by atoms with Crippen LogP contribution >= 0.6 is 27.3 Å². The molecule has 0 radical (unpaired) electrons. The van der Waals surface area contributed by atoms with Gasteiger partial charge in [-0.25, -0.2) is 0 Å². The van der Waals surface area contributed by atoms with E-state index in [1.807, 2.05) is 17.7 Å². The smallest absolute Gasteiger partial charge is 0.172 e. The number of carbonyl (C=O) groups is 1. The molecule has 1 fully saturated rings. The van der Waals surface area contributed by atoms with Crippen molar-refractivity contribution in [2.24, 2.45) is 5.41 Å². The topological polar surface area (TPSA) is 29.1 Å². The van der Waals surface area contributed by atoms with Crippen LogP contribution in [-0.2, 0) is 0 Å². The molecule has 0 aromatic carbocycles. The molecule has 2 rings (SSSR count). The van der Waals surface area contributed by atoms with Crippen LogP contribution in [0.25, 0.3) is 0 Å². The lowest BCUT2D eigenvalue weighted by atomic mass is 9.82. The standard InChI is InChI=1S/C10H12BrNOS/c1-10(2-3-12-6-10)9(13)7-4-14-5-8(7)11/h4-5,12H,2-3,6H2,1H3. The van der Waals surface area contributed by atoms with Crippen LogP contribution < -0.4 is 5.32 Å². The number of halogens is 1. The number of hydrogen-bond acceptors (Lipinski definition) is 3. The molecular formula is C10H12BrNOS. The van der Waals surface area contributed by atoms with Crippen LogP contribution in [0.5, 0.6) is 0 Å². The maximum Gasteiger partial charge on any atom is 0.172 e.